The molecule has 0 saturated heterocycles. The van der Waals surface area contributed by atoms with E-state index in [1.165, 1.54) is 12.0 Å². The SMILES string of the molecule is COC(=O)CN(C)Cc1scnc1C. The summed E-state index contributed by atoms with van der Waals surface area (Å²) in [6.07, 6.45) is 0. The van der Waals surface area contributed by atoms with Crippen LogP contribution in [-0.4, -0.2) is 36.6 Å². The van der Waals surface area contributed by atoms with Crippen LogP contribution in [0.1, 0.15) is 10.6 Å². The molecule has 0 aliphatic heterocycles. The quantitative estimate of drug-likeness (QED) is 0.703. The summed E-state index contributed by atoms with van der Waals surface area (Å²) in [5.74, 6) is -0.213. The van der Waals surface area contributed by atoms with Crippen LogP contribution < -0.4 is 0 Å². The van der Waals surface area contributed by atoms with Gasteiger partial charge in [0.2, 0.25) is 0 Å². The van der Waals surface area contributed by atoms with Crippen molar-refractivity contribution in [2.45, 2.75) is 13.5 Å². The normalized spacial score (nSPS) is 10.6. The smallest absolute Gasteiger partial charge is 0.319 e. The molecule has 0 aliphatic carbocycles. The van der Waals surface area contributed by atoms with Crippen LogP contribution in [0, 0.1) is 6.92 Å². The fraction of sp³-hybridized carbons (Fsp3) is 0.556. The number of likely N-dealkylation sites (N-methyl/N-ethyl adjacent to an activating group) is 1. The number of ether oxygens (including phenoxy) is 1. The maximum atomic E-state index is 11.0. The van der Waals surface area contributed by atoms with Gasteiger partial charge in [0, 0.05) is 11.4 Å². The first-order valence-corrected chi connectivity index (χ1v) is 5.15. The predicted molar refractivity (Wildman–Crippen MR) is 55.2 cm³/mol. The first-order valence-electron chi connectivity index (χ1n) is 4.27. The molecule has 0 amide bonds. The Balaban J connectivity index is 2.45. The van der Waals surface area contributed by atoms with Crippen molar-refractivity contribution in [2.75, 3.05) is 20.7 Å². The number of nitrogens with zero attached hydrogens (tertiary/aromatic N) is 2. The highest BCUT2D eigenvalue weighted by molar-refractivity contribution is 7.09. The lowest BCUT2D eigenvalue weighted by Crippen LogP contribution is -2.26. The molecule has 0 fully saturated rings. The Labute approximate surface area is 87.5 Å². The van der Waals surface area contributed by atoms with E-state index in [1.807, 2.05) is 24.4 Å². The molecule has 4 nitrogen and oxygen atoms in total. The van der Waals surface area contributed by atoms with E-state index in [-0.39, 0.29) is 5.97 Å². The standard InChI is InChI=1S/C9H14N2O2S/c1-7-8(14-6-10-7)4-11(2)5-9(12)13-3/h6H,4-5H2,1-3H3. The van der Waals surface area contributed by atoms with Crippen molar-refractivity contribution in [3.8, 4) is 0 Å². The molecule has 0 aliphatic rings. The molecular weight excluding hydrogens is 200 g/mol. The highest BCUT2D eigenvalue weighted by Gasteiger charge is 2.09. The van der Waals surface area contributed by atoms with Crippen molar-refractivity contribution in [3.05, 3.63) is 16.1 Å². The van der Waals surface area contributed by atoms with E-state index in [2.05, 4.69) is 9.72 Å². The number of esters is 1. The second-order valence-corrected chi connectivity index (χ2v) is 4.05. The van der Waals surface area contributed by atoms with Gasteiger partial charge in [-0.3, -0.25) is 9.69 Å². The van der Waals surface area contributed by atoms with Crippen LogP contribution in [0.3, 0.4) is 0 Å². The van der Waals surface area contributed by atoms with Crippen molar-refractivity contribution in [1.29, 1.82) is 0 Å². The first kappa shape index (κ1) is 11.1. The van der Waals surface area contributed by atoms with Crippen LogP contribution in [0.2, 0.25) is 0 Å². The average molecular weight is 214 g/mol. The highest BCUT2D eigenvalue weighted by atomic mass is 32.1. The topological polar surface area (TPSA) is 42.4 Å². The van der Waals surface area contributed by atoms with E-state index in [0.717, 1.165) is 12.2 Å². The van der Waals surface area contributed by atoms with Gasteiger partial charge >= 0.3 is 5.97 Å². The fourth-order valence-corrected chi connectivity index (χ4v) is 1.92. The Kier molecular flexibility index (Phi) is 4.03. The van der Waals surface area contributed by atoms with Gasteiger partial charge < -0.3 is 4.74 Å². The third kappa shape index (κ3) is 3.08. The number of carbonyl (C=O) groups excluding carboxylic acids is 1. The molecule has 0 spiro atoms. The molecule has 78 valence electrons. The number of thiazole rings is 1. The van der Waals surface area contributed by atoms with Crippen LogP contribution in [0.4, 0.5) is 0 Å². The molecule has 0 aromatic carbocycles. The van der Waals surface area contributed by atoms with Crippen LogP contribution in [-0.2, 0) is 16.1 Å². The van der Waals surface area contributed by atoms with Crippen molar-refractivity contribution in [1.82, 2.24) is 9.88 Å². The molecule has 1 aromatic rings. The number of aryl methyl sites for hydroxylation is 1. The van der Waals surface area contributed by atoms with Crippen LogP contribution in [0.15, 0.2) is 5.51 Å². The molecular formula is C9H14N2O2S. The van der Waals surface area contributed by atoms with E-state index in [0.29, 0.717) is 6.54 Å². The summed E-state index contributed by atoms with van der Waals surface area (Å²) in [5, 5.41) is 0. The molecule has 0 atom stereocenters. The van der Waals surface area contributed by atoms with E-state index in [4.69, 9.17) is 0 Å². The van der Waals surface area contributed by atoms with E-state index >= 15 is 0 Å². The van der Waals surface area contributed by atoms with E-state index < -0.39 is 0 Å². The predicted octanol–water partition coefficient (Wildman–Crippen LogP) is 1.06. The van der Waals surface area contributed by atoms with E-state index in [9.17, 15) is 4.79 Å². The largest absolute Gasteiger partial charge is 0.468 e. The van der Waals surface area contributed by atoms with Gasteiger partial charge in [-0.15, -0.1) is 11.3 Å². The molecule has 1 aromatic heterocycles. The average Bonchev–Trinajstić information content (AvgIpc) is 2.51. The number of methoxy groups -OCH3 is 1. The lowest BCUT2D eigenvalue weighted by molar-refractivity contribution is -0.141. The molecule has 14 heavy (non-hydrogen) atoms. The van der Waals surface area contributed by atoms with Gasteiger partial charge in [-0.05, 0) is 14.0 Å². The Morgan fingerprint density at radius 2 is 2.43 bits per heavy atom. The minimum atomic E-state index is -0.213. The van der Waals surface area contributed by atoms with Gasteiger partial charge in [-0.25, -0.2) is 4.98 Å². The van der Waals surface area contributed by atoms with Gasteiger partial charge in [0.1, 0.15) is 0 Å². The third-order valence-corrected chi connectivity index (χ3v) is 2.80. The summed E-state index contributed by atoms with van der Waals surface area (Å²) < 4.78 is 4.58. The molecule has 0 N–H and O–H groups in total. The van der Waals surface area contributed by atoms with Gasteiger partial charge in [-0.1, -0.05) is 0 Å². The van der Waals surface area contributed by atoms with Crippen molar-refractivity contribution in [3.63, 3.8) is 0 Å². The lowest BCUT2D eigenvalue weighted by atomic mass is 10.3. The minimum Gasteiger partial charge on any atom is -0.468 e. The van der Waals surface area contributed by atoms with Gasteiger partial charge in [-0.2, -0.15) is 0 Å². The first-order chi connectivity index (χ1) is 6.63. The summed E-state index contributed by atoms with van der Waals surface area (Å²) in [7, 11) is 3.28. The third-order valence-electron chi connectivity index (χ3n) is 1.89. The lowest BCUT2D eigenvalue weighted by Gasteiger charge is -2.13. The van der Waals surface area contributed by atoms with Crippen LogP contribution in [0.5, 0.6) is 0 Å². The monoisotopic (exact) mass is 214 g/mol. The maximum absolute atomic E-state index is 11.0. The molecule has 1 rings (SSSR count). The summed E-state index contributed by atoms with van der Waals surface area (Å²) in [5.41, 5.74) is 2.85. The van der Waals surface area contributed by atoms with Crippen molar-refractivity contribution >= 4 is 17.3 Å². The zero-order valence-electron chi connectivity index (χ0n) is 8.61. The molecule has 0 radical (unpaired) electrons. The van der Waals surface area contributed by atoms with Crippen LogP contribution >= 0.6 is 11.3 Å². The van der Waals surface area contributed by atoms with Gasteiger partial charge in [0.05, 0.1) is 24.9 Å². The van der Waals surface area contributed by atoms with Crippen molar-refractivity contribution < 1.29 is 9.53 Å². The Morgan fingerprint density at radius 1 is 1.71 bits per heavy atom. The second-order valence-electron chi connectivity index (χ2n) is 3.11. The van der Waals surface area contributed by atoms with Crippen LogP contribution in [0.25, 0.3) is 0 Å². The van der Waals surface area contributed by atoms with Gasteiger partial charge in [0.25, 0.3) is 0 Å². The summed E-state index contributed by atoms with van der Waals surface area (Å²) >= 11 is 1.61. The minimum absolute atomic E-state index is 0.213. The molecule has 1 heterocycles. The van der Waals surface area contributed by atoms with Crippen molar-refractivity contribution in [2.24, 2.45) is 0 Å². The number of carbonyl (C=O) groups is 1. The maximum Gasteiger partial charge on any atom is 0.319 e. The van der Waals surface area contributed by atoms with E-state index in [1.54, 1.807) is 11.3 Å². The number of aromatic nitrogens is 1. The van der Waals surface area contributed by atoms with Gasteiger partial charge in [0.15, 0.2) is 0 Å². The number of hydrogen-bond acceptors (Lipinski definition) is 5. The Bertz CT molecular complexity index is 312. The molecule has 5 heteroatoms. The molecule has 0 unspecified atom stereocenters. The Hall–Kier alpha value is -0.940. The number of rotatable bonds is 4. The zero-order chi connectivity index (χ0) is 10.6. The second kappa shape index (κ2) is 5.07. The summed E-state index contributed by atoms with van der Waals surface area (Å²) in [6.45, 7) is 3.03. The number of hydrogen-bond donors (Lipinski definition) is 0. The molecule has 0 saturated carbocycles. The Morgan fingerprint density at radius 3 is 2.93 bits per heavy atom. The summed E-state index contributed by atoms with van der Waals surface area (Å²) in [4.78, 5) is 18.2. The zero-order valence-corrected chi connectivity index (χ0v) is 9.43. The highest BCUT2D eigenvalue weighted by Crippen LogP contribution is 2.13. The fourth-order valence-electron chi connectivity index (χ4n) is 1.06. The summed E-state index contributed by atoms with van der Waals surface area (Å²) in [6, 6.07) is 0. The molecule has 0 bridgehead atoms.